The molecule has 3 rings (SSSR count). The lowest BCUT2D eigenvalue weighted by Crippen LogP contribution is -2.40. The van der Waals surface area contributed by atoms with Gasteiger partial charge in [0.05, 0.1) is 18.6 Å². The van der Waals surface area contributed by atoms with Crippen molar-refractivity contribution in [1.82, 2.24) is 15.5 Å². The van der Waals surface area contributed by atoms with Crippen LogP contribution in [0.25, 0.3) is 10.8 Å². The maximum atomic E-state index is 12.6. The molecule has 0 aromatic heterocycles. The maximum Gasteiger partial charge on any atom is 0.229 e. The zero-order valence-electron chi connectivity index (χ0n) is 19.2. The van der Waals surface area contributed by atoms with Crippen LogP contribution in [0.5, 0.6) is 0 Å². The molecule has 1 aliphatic heterocycles. The van der Waals surface area contributed by atoms with Crippen LogP contribution in [0.15, 0.2) is 54.6 Å². The number of fused-ring (bicyclic) bond motifs is 1. The van der Waals surface area contributed by atoms with Crippen molar-refractivity contribution in [3.8, 4) is 0 Å². The molecule has 1 atom stereocenters. The Balaban J connectivity index is 1.41. The fraction of sp³-hybridized carbons (Fsp3) is 0.500. The fourth-order valence-electron chi connectivity index (χ4n) is 3.97. The summed E-state index contributed by atoms with van der Waals surface area (Å²) in [6.07, 6.45) is 5.04. The second-order valence-corrected chi connectivity index (χ2v) is 8.89. The van der Waals surface area contributed by atoms with Crippen molar-refractivity contribution in [2.45, 2.75) is 33.2 Å². The number of nitrogens with zero attached hydrogens (tertiary/aromatic N) is 1. The average molecular weight is 424 g/mol. The van der Waals surface area contributed by atoms with Crippen molar-refractivity contribution < 1.29 is 9.53 Å². The smallest absolute Gasteiger partial charge is 0.229 e. The Morgan fingerprint density at radius 1 is 1.16 bits per heavy atom. The molecule has 5 heteroatoms. The molecule has 0 radical (unpaired) electrons. The fourth-order valence-corrected chi connectivity index (χ4v) is 3.97. The predicted molar refractivity (Wildman–Crippen MR) is 128 cm³/mol. The number of nitrogens with one attached hydrogen (secondary N) is 2. The highest BCUT2D eigenvalue weighted by atomic mass is 16.5. The van der Waals surface area contributed by atoms with E-state index in [1.807, 2.05) is 19.9 Å². The van der Waals surface area contributed by atoms with E-state index in [1.54, 1.807) is 0 Å². The average Bonchev–Trinajstić information content (AvgIpc) is 2.79. The van der Waals surface area contributed by atoms with Crippen molar-refractivity contribution in [2.24, 2.45) is 5.41 Å². The number of benzene rings is 2. The SMILES string of the molecule is C[C@@H](NC/C=C/C(C)(C)C(=O)NCCCN1CCOCC1)c1cccc2ccccc12. The molecule has 1 aliphatic rings. The third-order valence-corrected chi connectivity index (χ3v) is 5.99. The Morgan fingerprint density at radius 3 is 2.71 bits per heavy atom. The van der Waals surface area contributed by atoms with Gasteiger partial charge in [-0.05, 0) is 50.1 Å². The summed E-state index contributed by atoms with van der Waals surface area (Å²) in [5.74, 6) is 0.0767. The quantitative estimate of drug-likeness (QED) is 0.449. The number of rotatable bonds is 10. The number of amides is 1. The maximum absolute atomic E-state index is 12.6. The van der Waals surface area contributed by atoms with E-state index in [0.717, 1.165) is 45.8 Å². The third-order valence-electron chi connectivity index (χ3n) is 5.99. The van der Waals surface area contributed by atoms with Gasteiger partial charge in [0.25, 0.3) is 0 Å². The Labute approximate surface area is 186 Å². The van der Waals surface area contributed by atoms with Gasteiger partial charge in [-0.3, -0.25) is 9.69 Å². The molecule has 5 nitrogen and oxygen atoms in total. The summed E-state index contributed by atoms with van der Waals surface area (Å²) in [6, 6.07) is 15.1. The summed E-state index contributed by atoms with van der Waals surface area (Å²) >= 11 is 0. The van der Waals surface area contributed by atoms with Gasteiger partial charge in [-0.1, -0.05) is 54.6 Å². The molecule has 0 aliphatic carbocycles. The number of hydrogen-bond donors (Lipinski definition) is 2. The van der Waals surface area contributed by atoms with Crippen LogP contribution in [-0.4, -0.2) is 56.7 Å². The first-order chi connectivity index (χ1) is 15.0. The molecule has 2 aromatic carbocycles. The van der Waals surface area contributed by atoms with Gasteiger partial charge in [0.15, 0.2) is 0 Å². The molecule has 1 amide bonds. The normalized spacial score (nSPS) is 16.6. The topological polar surface area (TPSA) is 53.6 Å². The van der Waals surface area contributed by atoms with Gasteiger partial charge in [0, 0.05) is 32.2 Å². The van der Waals surface area contributed by atoms with Gasteiger partial charge >= 0.3 is 0 Å². The van der Waals surface area contributed by atoms with Crippen LogP contribution in [0.2, 0.25) is 0 Å². The highest BCUT2D eigenvalue weighted by Gasteiger charge is 2.23. The number of morpholine rings is 1. The van der Waals surface area contributed by atoms with Crippen molar-refractivity contribution in [3.63, 3.8) is 0 Å². The summed E-state index contributed by atoms with van der Waals surface area (Å²) in [7, 11) is 0. The minimum atomic E-state index is -0.524. The second kappa shape index (κ2) is 11.4. The van der Waals surface area contributed by atoms with Crippen molar-refractivity contribution >= 4 is 16.7 Å². The molecule has 1 heterocycles. The molecule has 1 saturated heterocycles. The first-order valence-corrected chi connectivity index (χ1v) is 11.4. The third kappa shape index (κ3) is 6.89. The summed E-state index contributed by atoms with van der Waals surface area (Å²) in [5.41, 5.74) is 0.771. The van der Waals surface area contributed by atoms with Gasteiger partial charge < -0.3 is 15.4 Å². The van der Waals surface area contributed by atoms with E-state index >= 15 is 0 Å². The molecular weight excluding hydrogens is 386 g/mol. The number of ether oxygens (including phenoxy) is 1. The molecule has 168 valence electrons. The molecule has 0 spiro atoms. The van der Waals surface area contributed by atoms with E-state index in [4.69, 9.17) is 4.74 Å². The van der Waals surface area contributed by atoms with Gasteiger partial charge in [-0.25, -0.2) is 0 Å². The summed E-state index contributed by atoms with van der Waals surface area (Å²) in [5, 5.41) is 9.19. The summed E-state index contributed by atoms with van der Waals surface area (Å²) < 4.78 is 5.37. The van der Waals surface area contributed by atoms with E-state index in [2.05, 4.69) is 71.0 Å². The summed E-state index contributed by atoms with van der Waals surface area (Å²) in [4.78, 5) is 15.0. The second-order valence-electron chi connectivity index (χ2n) is 8.89. The van der Waals surface area contributed by atoms with E-state index in [9.17, 15) is 4.79 Å². The van der Waals surface area contributed by atoms with Crippen molar-refractivity contribution in [2.75, 3.05) is 45.9 Å². The zero-order chi connectivity index (χ0) is 22.1. The van der Waals surface area contributed by atoms with Crippen LogP contribution in [0.3, 0.4) is 0 Å². The molecule has 1 fully saturated rings. The van der Waals surface area contributed by atoms with Crippen LogP contribution in [0.1, 0.15) is 38.8 Å². The first kappa shape index (κ1) is 23.5. The summed E-state index contributed by atoms with van der Waals surface area (Å²) in [6.45, 7) is 12.2. The van der Waals surface area contributed by atoms with Gasteiger partial charge in [0.1, 0.15) is 0 Å². The van der Waals surface area contributed by atoms with Crippen LogP contribution in [-0.2, 0) is 9.53 Å². The zero-order valence-corrected chi connectivity index (χ0v) is 19.2. The minimum absolute atomic E-state index is 0.0767. The van der Waals surface area contributed by atoms with Crippen LogP contribution < -0.4 is 10.6 Å². The Hall–Kier alpha value is -2.21. The number of hydrogen-bond acceptors (Lipinski definition) is 4. The Kier molecular flexibility index (Phi) is 8.64. The number of carbonyl (C=O) groups is 1. The lowest BCUT2D eigenvalue weighted by molar-refractivity contribution is -0.127. The highest BCUT2D eigenvalue weighted by Crippen LogP contribution is 2.24. The minimum Gasteiger partial charge on any atom is -0.379 e. The molecule has 2 N–H and O–H groups in total. The monoisotopic (exact) mass is 423 g/mol. The van der Waals surface area contributed by atoms with E-state index in [1.165, 1.54) is 16.3 Å². The van der Waals surface area contributed by atoms with E-state index in [0.29, 0.717) is 6.54 Å². The van der Waals surface area contributed by atoms with E-state index in [-0.39, 0.29) is 11.9 Å². The van der Waals surface area contributed by atoms with Crippen molar-refractivity contribution in [3.05, 3.63) is 60.2 Å². The molecule has 0 bridgehead atoms. The molecule has 31 heavy (non-hydrogen) atoms. The van der Waals surface area contributed by atoms with Crippen LogP contribution in [0.4, 0.5) is 0 Å². The predicted octanol–water partition coefficient (Wildman–Crippen LogP) is 3.91. The van der Waals surface area contributed by atoms with Gasteiger partial charge in [-0.15, -0.1) is 0 Å². The molecular formula is C26H37N3O2. The van der Waals surface area contributed by atoms with Crippen LogP contribution in [0, 0.1) is 5.41 Å². The van der Waals surface area contributed by atoms with Crippen molar-refractivity contribution in [1.29, 1.82) is 0 Å². The lowest BCUT2D eigenvalue weighted by Gasteiger charge is -2.26. The van der Waals surface area contributed by atoms with E-state index < -0.39 is 5.41 Å². The Morgan fingerprint density at radius 2 is 1.90 bits per heavy atom. The van der Waals surface area contributed by atoms with Crippen LogP contribution >= 0.6 is 0 Å². The Bertz CT molecular complexity index is 867. The molecule has 0 saturated carbocycles. The standard InChI is InChI=1S/C26H37N3O2/c1-21(23-12-6-10-22-9-4-5-11-24(22)23)27-14-7-13-26(2,3)25(30)28-15-8-16-29-17-19-31-20-18-29/h4-7,9-13,21,27H,8,14-20H2,1-3H3,(H,28,30)/b13-7+/t21-/m1/s1. The highest BCUT2D eigenvalue weighted by molar-refractivity contribution is 5.86. The van der Waals surface area contributed by atoms with Gasteiger partial charge in [0.2, 0.25) is 5.91 Å². The molecule has 0 unspecified atom stereocenters. The first-order valence-electron chi connectivity index (χ1n) is 11.4. The molecule has 2 aromatic rings. The van der Waals surface area contributed by atoms with Gasteiger partial charge in [-0.2, -0.15) is 0 Å². The number of carbonyl (C=O) groups excluding carboxylic acids is 1. The largest absolute Gasteiger partial charge is 0.379 e. The lowest BCUT2D eigenvalue weighted by atomic mass is 9.91.